The second kappa shape index (κ2) is 7.51. The fraction of sp³-hybridized carbons (Fsp3) is 0.412. The number of aromatic nitrogens is 1. The number of rotatable bonds is 6. The summed E-state index contributed by atoms with van der Waals surface area (Å²) in [6.45, 7) is 5.21. The van der Waals surface area contributed by atoms with Crippen LogP contribution >= 0.6 is 11.6 Å². The maximum atomic E-state index is 12.0. The zero-order valence-electron chi connectivity index (χ0n) is 13.4. The molecule has 0 aliphatic carbocycles. The van der Waals surface area contributed by atoms with Crippen LogP contribution in [0, 0.1) is 0 Å². The van der Waals surface area contributed by atoms with Gasteiger partial charge in [0.25, 0.3) is 0 Å². The van der Waals surface area contributed by atoms with Crippen LogP contribution in [-0.4, -0.2) is 29.1 Å². The third-order valence-electron chi connectivity index (χ3n) is 3.60. The minimum atomic E-state index is -0.933. The Bertz CT molecular complexity index is 710. The summed E-state index contributed by atoms with van der Waals surface area (Å²) in [6, 6.07) is 5.47. The predicted octanol–water partition coefficient (Wildman–Crippen LogP) is 3.64. The van der Waals surface area contributed by atoms with Crippen molar-refractivity contribution >= 4 is 34.4 Å². The molecular weight excluding hydrogens is 318 g/mol. The normalized spacial score (nSPS) is 13.6. The molecule has 2 atom stereocenters. The summed E-state index contributed by atoms with van der Waals surface area (Å²) in [6.07, 6.45) is 1.33. The SMILES string of the molecule is CC[C@@H](C)OC(=O)[C@H](C)OC(=O)Cc1c[nH]c2cccc(Cl)c12. The lowest BCUT2D eigenvalue weighted by molar-refractivity contribution is -0.169. The molecule has 2 rings (SSSR count). The van der Waals surface area contributed by atoms with Gasteiger partial charge < -0.3 is 14.5 Å². The van der Waals surface area contributed by atoms with Crippen LogP contribution in [0.15, 0.2) is 24.4 Å². The lowest BCUT2D eigenvalue weighted by Gasteiger charge is -2.16. The van der Waals surface area contributed by atoms with Gasteiger partial charge in [-0.1, -0.05) is 24.6 Å². The maximum absolute atomic E-state index is 12.0. The zero-order chi connectivity index (χ0) is 17.0. The van der Waals surface area contributed by atoms with Gasteiger partial charge in [0.1, 0.15) is 0 Å². The Hall–Kier alpha value is -2.01. The van der Waals surface area contributed by atoms with E-state index in [0.29, 0.717) is 11.4 Å². The average molecular weight is 338 g/mol. The Morgan fingerprint density at radius 2 is 2.00 bits per heavy atom. The molecule has 0 unspecified atom stereocenters. The van der Waals surface area contributed by atoms with E-state index in [9.17, 15) is 9.59 Å². The number of ether oxygens (including phenoxy) is 2. The predicted molar refractivity (Wildman–Crippen MR) is 88.4 cm³/mol. The number of nitrogens with one attached hydrogen (secondary N) is 1. The van der Waals surface area contributed by atoms with Crippen molar-refractivity contribution in [3.8, 4) is 0 Å². The lowest BCUT2D eigenvalue weighted by atomic mass is 10.1. The number of carbonyl (C=O) groups excluding carboxylic acids is 2. The molecule has 0 fully saturated rings. The number of esters is 2. The van der Waals surface area contributed by atoms with Crippen molar-refractivity contribution in [2.24, 2.45) is 0 Å². The van der Waals surface area contributed by atoms with Gasteiger partial charge in [0.05, 0.1) is 17.5 Å². The number of fused-ring (bicyclic) bond motifs is 1. The van der Waals surface area contributed by atoms with Crippen molar-refractivity contribution in [3.63, 3.8) is 0 Å². The molecule has 124 valence electrons. The van der Waals surface area contributed by atoms with Gasteiger partial charge in [0.15, 0.2) is 6.10 Å². The van der Waals surface area contributed by atoms with Gasteiger partial charge in [-0.05, 0) is 38.0 Å². The number of H-pyrrole nitrogens is 1. The highest BCUT2D eigenvalue weighted by molar-refractivity contribution is 6.35. The number of halogens is 1. The van der Waals surface area contributed by atoms with Gasteiger partial charge in [-0.3, -0.25) is 4.79 Å². The van der Waals surface area contributed by atoms with Crippen molar-refractivity contribution in [2.45, 2.75) is 45.8 Å². The van der Waals surface area contributed by atoms with Gasteiger partial charge in [-0.25, -0.2) is 4.79 Å². The molecule has 0 bridgehead atoms. The van der Waals surface area contributed by atoms with Gasteiger partial charge in [-0.2, -0.15) is 0 Å². The van der Waals surface area contributed by atoms with Crippen LogP contribution < -0.4 is 0 Å². The van der Waals surface area contributed by atoms with Crippen molar-refractivity contribution in [1.29, 1.82) is 0 Å². The summed E-state index contributed by atoms with van der Waals surface area (Å²) >= 11 is 6.17. The molecule has 23 heavy (non-hydrogen) atoms. The first-order valence-corrected chi connectivity index (χ1v) is 7.94. The van der Waals surface area contributed by atoms with Crippen molar-refractivity contribution in [3.05, 3.63) is 35.0 Å². The first kappa shape index (κ1) is 17.3. The topological polar surface area (TPSA) is 68.4 Å². The second-order valence-electron chi connectivity index (χ2n) is 5.44. The first-order chi connectivity index (χ1) is 10.9. The Morgan fingerprint density at radius 3 is 2.70 bits per heavy atom. The minimum Gasteiger partial charge on any atom is -0.460 e. The lowest BCUT2D eigenvalue weighted by Crippen LogP contribution is -2.29. The summed E-state index contributed by atoms with van der Waals surface area (Å²) < 4.78 is 10.3. The summed E-state index contributed by atoms with van der Waals surface area (Å²) in [5, 5.41) is 1.36. The van der Waals surface area contributed by atoms with Crippen LogP contribution in [0.3, 0.4) is 0 Å². The maximum Gasteiger partial charge on any atom is 0.347 e. The van der Waals surface area contributed by atoms with Crippen LogP contribution in [0.4, 0.5) is 0 Å². The molecule has 2 aromatic rings. The highest BCUT2D eigenvalue weighted by atomic mass is 35.5. The van der Waals surface area contributed by atoms with E-state index >= 15 is 0 Å². The van der Waals surface area contributed by atoms with Crippen LogP contribution in [0.25, 0.3) is 10.9 Å². The molecule has 5 nitrogen and oxygen atoms in total. The van der Waals surface area contributed by atoms with E-state index in [4.69, 9.17) is 21.1 Å². The third-order valence-corrected chi connectivity index (χ3v) is 3.92. The Kier molecular flexibility index (Phi) is 5.66. The molecule has 1 heterocycles. The quantitative estimate of drug-likeness (QED) is 0.817. The molecule has 0 radical (unpaired) electrons. The molecule has 6 heteroatoms. The van der Waals surface area contributed by atoms with Gasteiger partial charge in [-0.15, -0.1) is 0 Å². The number of benzene rings is 1. The number of hydrogen-bond donors (Lipinski definition) is 1. The molecule has 0 spiro atoms. The van der Waals surface area contributed by atoms with E-state index in [0.717, 1.165) is 16.5 Å². The smallest absolute Gasteiger partial charge is 0.347 e. The van der Waals surface area contributed by atoms with Crippen LogP contribution in [0.5, 0.6) is 0 Å². The summed E-state index contributed by atoms with van der Waals surface area (Å²) in [4.78, 5) is 26.9. The van der Waals surface area contributed by atoms with E-state index in [2.05, 4.69) is 4.98 Å². The number of hydrogen-bond acceptors (Lipinski definition) is 4. The zero-order valence-corrected chi connectivity index (χ0v) is 14.1. The summed E-state index contributed by atoms with van der Waals surface area (Å²) in [5.74, 6) is -1.04. The fourth-order valence-corrected chi connectivity index (χ4v) is 2.46. The Morgan fingerprint density at radius 1 is 1.26 bits per heavy atom. The van der Waals surface area contributed by atoms with E-state index in [1.54, 1.807) is 19.2 Å². The van der Waals surface area contributed by atoms with E-state index in [1.165, 1.54) is 6.92 Å². The Labute approximate surface area is 139 Å². The molecule has 0 aliphatic heterocycles. The molecular formula is C17H20ClNO4. The molecule has 0 saturated carbocycles. The largest absolute Gasteiger partial charge is 0.460 e. The molecule has 1 aromatic carbocycles. The standard InChI is InChI=1S/C17H20ClNO4/c1-4-10(2)22-17(21)11(3)23-15(20)8-12-9-19-14-7-5-6-13(18)16(12)14/h5-7,9-11,19H,4,8H2,1-3H3/t10-,11+/m1/s1. The van der Waals surface area contributed by atoms with Crippen molar-refractivity contribution < 1.29 is 19.1 Å². The number of aromatic amines is 1. The van der Waals surface area contributed by atoms with Gasteiger partial charge >= 0.3 is 11.9 Å². The van der Waals surface area contributed by atoms with Crippen molar-refractivity contribution in [1.82, 2.24) is 4.98 Å². The van der Waals surface area contributed by atoms with Crippen LogP contribution in [0.1, 0.15) is 32.8 Å². The van der Waals surface area contributed by atoms with E-state index in [1.807, 2.05) is 19.1 Å². The van der Waals surface area contributed by atoms with Crippen molar-refractivity contribution in [2.75, 3.05) is 0 Å². The third kappa shape index (κ3) is 4.26. The molecule has 0 amide bonds. The summed E-state index contributed by atoms with van der Waals surface area (Å²) in [7, 11) is 0. The van der Waals surface area contributed by atoms with Gasteiger partial charge in [0, 0.05) is 17.1 Å². The molecule has 1 N–H and O–H groups in total. The average Bonchev–Trinajstić information content (AvgIpc) is 2.91. The Balaban J connectivity index is 2.00. The minimum absolute atomic E-state index is 0.0324. The summed E-state index contributed by atoms with van der Waals surface area (Å²) in [5.41, 5.74) is 1.59. The monoisotopic (exact) mass is 337 g/mol. The second-order valence-corrected chi connectivity index (χ2v) is 5.85. The number of carbonyl (C=O) groups is 2. The highest BCUT2D eigenvalue weighted by Crippen LogP contribution is 2.27. The van der Waals surface area contributed by atoms with E-state index < -0.39 is 18.0 Å². The van der Waals surface area contributed by atoms with E-state index in [-0.39, 0.29) is 12.5 Å². The fourth-order valence-electron chi connectivity index (χ4n) is 2.17. The first-order valence-electron chi connectivity index (χ1n) is 7.56. The van der Waals surface area contributed by atoms with Crippen LogP contribution in [-0.2, 0) is 25.5 Å². The van der Waals surface area contributed by atoms with Gasteiger partial charge in [0.2, 0.25) is 0 Å². The molecule has 1 aromatic heterocycles. The molecule has 0 aliphatic rings. The molecule has 0 saturated heterocycles. The van der Waals surface area contributed by atoms with Crippen LogP contribution in [0.2, 0.25) is 5.02 Å². The highest BCUT2D eigenvalue weighted by Gasteiger charge is 2.22.